The molecule has 0 radical (unpaired) electrons. The van der Waals surface area contributed by atoms with Gasteiger partial charge in [-0.2, -0.15) is 0 Å². The fourth-order valence-corrected chi connectivity index (χ4v) is 3.78. The molecular formula is C22H36N2O5. The van der Waals surface area contributed by atoms with Crippen LogP contribution in [-0.2, 0) is 19.1 Å². The highest BCUT2D eigenvalue weighted by atomic mass is 16.6. The zero-order chi connectivity index (χ0) is 21.4. The van der Waals surface area contributed by atoms with Gasteiger partial charge < -0.3 is 20.1 Å². The van der Waals surface area contributed by atoms with Crippen LogP contribution in [0.2, 0.25) is 0 Å². The smallest absolute Gasteiger partial charge is 0.408 e. The molecule has 0 spiro atoms. The molecule has 2 N–H and O–H groups in total. The second-order valence-electron chi connectivity index (χ2n) is 9.13. The maximum absolute atomic E-state index is 12.6. The number of hydrogen-bond donors (Lipinski definition) is 2. The van der Waals surface area contributed by atoms with Crippen molar-refractivity contribution in [1.29, 1.82) is 0 Å². The molecule has 29 heavy (non-hydrogen) atoms. The molecule has 0 aromatic heterocycles. The van der Waals surface area contributed by atoms with E-state index in [1.165, 1.54) is 12.8 Å². The summed E-state index contributed by atoms with van der Waals surface area (Å²) in [7, 11) is 0. The second-order valence-corrected chi connectivity index (χ2v) is 9.13. The first-order valence-electron chi connectivity index (χ1n) is 10.8. The summed E-state index contributed by atoms with van der Waals surface area (Å²) in [5.74, 6) is -0.575. The molecule has 1 heterocycles. The lowest BCUT2D eigenvalue weighted by atomic mass is 9.97. The highest BCUT2D eigenvalue weighted by Gasteiger charge is 2.29. The van der Waals surface area contributed by atoms with E-state index in [2.05, 4.69) is 10.6 Å². The number of amides is 2. The van der Waals surface area contributed by atoms with E-state index in [0.717, 1.165) is 25.7 Å². The Kier molecular flexibility index (Phi) is 8.53. The molecule has 0 aromatic rings. The molecular weight excluding hydrogens is 372 g/mol. The Morgan fingerprint density at radius 3 is 2.38 bits per heavy atom. The third kappa shape index (κ3) is 8.46. The van der Waals surface area contributed by atoms with Gasteiger partial charge in [0.25, 0.3) is 0 Å². The van der Waals surface area contributed by atoms with Gasteiger partial charge in [0.05, 0.1) is 6.04 Å². The van der Waals surface area contributed by atoms with Crippen LogP contribution in [-0.4, -0.2) is 42.3 Å². The number of rotatable bonds is 6. The second kappa shape index (κ2) is 10.6. The van der Waals surface area contributed by atoms with E-state index in [9.17, 15) is 14.4 Å². The zero-order valence-corrected chi connectivity index (χ0v) is 18.2. The number of ether oxygens (including phenoxy) is 2. The summed E-state index contributed by atoms with van der Waals surface area (Å²) in [5, 5.41) is 5.60. The van der Waals surface area contributed by atoms with Crippen molar-refractivity contribution in [3.63, 3.8) is 0 Å². The Balaban J connectivity index is 2.03. The molecule has 2 rings (SSSR count). The van der Waals surface area contributed by atoms with E-state index in [1.807, 2.05) is 0 Å². The molecule has 1 aliphatic carbocycles. The molecule has 7 heteroatoms. The van der Waals surface area contributed by atoms with Crippen LogP contribution < -0.4 is 10.6 Å². The van der Waals surface area contributed by atoms with Gasteiger partial charge >= 0.3 is 12.1 Å². The van der Waals surface area contributed by atoms with Crippen molar-refractivity contribution in [3.05, 3.63) is 11.6 Å². The standard InChI is InChI=1S/C22H36N2O5/c1-15(20(26)28-18-9-7-5-6-8-10-18)13-17(14-16-11-12-23-19(16)25)24-21(27)29-22(2,3)4/h13,16-18H,5-12,14H2,1-4H3,(H,23,25)(H,24,27)/t16-,17+/m0/s1. The van der Waals surface area contributed by atoms with Gasteiger partial charge in [-0.3, -0.25) is 4.79 Å². The summed E-state index contributed by atoms with van der Waals surface area (Å²) in [6.45, 7) is 7.69. The van der Waals surface area contributed by atoms with E-state index >= 15 is 0 Å². The first kappa shape index (κ1) is 23.2. The summed E-state index contributed by atoms with van der Waals surface area (Å²) in [5.41, 5.74) is -0.190. The van der Waals surface area contributed by atoms with E-state index in [4.69, 9.17) is 9.47 Å². The van der Waals surface area contributed by atoms with Crippen molar-refractivity contribution in [2.75, 3.05) is 6.54 Å². The fourth-order valence-electron chi connectivity index (χ4n) is 3.78. The Labute approximate surface area is 174 Å². The van der Waals surface area contributed by atoms with Gasteiger partial charge in [0.2, 0.25) is 5.91 Å². The molecule has 0 aromatic carbocycles. The van der Waals surface area contributed by atoms with Gasteiger partial charge in [-0.15, -0.1) is 0 Å². The summed E-state index contributed by atoms with van der Waals surface area (Å²) >= 11 is 0. The zero-order valence-electron chi connectivity index (χ0n) is 18.2. The summed E-state index contributed by atoms with van der Waals surface area (Å²) in [6, 6.07) is -0.486. The summed E-state index contributed by atoms with van der Waals surface area (Å²) < 4.78 is 11.0. The summed E-state index contributed by atoms with van der Waals surface area (Å²) in [6.07, 6.45) is 8.57. The molecule has 7 nitrogen and oxygen atoms in total. The molecule has 164 valence electrons. The minimum Gasteiger partial charge on any atom is -0.459 e. The Hall–Kier alpha value is -2.05. The van der Waals surface area contributed by atoms with Crippen LogP contribution in [0, 0.1) is 5.92 Å². The largest absolute Gasteiger partial charge is 0.459 e. The maximum Gasteiger partial charge on any atom is 0.408 e. The van der Waals surface area contributed by atoms with Crippen LogP contribution in [0.5, 0.6) is 0 Å². The first-order chi connectivity index (χ1) is 13.6. The molecule has 2 fully saturated rings. The van der Waals surface area contributed by atoms with Gasteiger partial charge in [-0.25, -0.2) is 9.59 Å². The molecule has 0 bridgehead atoms. The number of nitrogens with one attached hydrogen (secondary N) is 2. The number of esters is 1. The minimum atomic E-state index is -0.628. The average molecular weight is 409 g/mol. The lowest BCUT2D eigenvalue weighted by molar-refractivity contribution is -0.144. The highest BCUT2D eigenvalue weighted by Crippen LogP contribution is 2.22. The maximum atomic E-state index is 12.6. The topological polar surface area (TPSA) is 93.7 Å². The molecule has 2 amide bonds. The van der Waals surface area contributed by atoms with Crippen molar-refractivity contribution in [2.24, 2.45) is 5.92 Å². The predicted octanol–water partition coefficient (Wildman–Crippen LogP) is 3.62. The number of hydrogen-bond acceptors (Lipinski definition) is 5. The lowest BCUT2D eigenvalue weighted by Crippen LogP contribution is -2.40. The van der Waals surface area contributed by atoms with Gasteiger partial charge in [0, 0.05) is 18.0 Å². The van der Waals surface area contributed by atoms with Crippen molar-refractivity contribution < 1.29 is 23.9 Å². The average Bonchev–Trinajstić information content (AvgIpc) is 2.84. The van der Waals surface area contributed by atoms with E-state index in [-0.39, 0.29) is 23.9 Å². The van der Waals surface area contributed by atoms with Crippen molar-refractivity contribution in [3.8, 4) is 0 Å². The monoisotopic (exact) mass is 408 g/mol. The SMILES string of the molecule is CC(=C[C@H](C[C@@H]1CCNC1=O)NC(=O)OC(C)(C)C)C(=O)OC1CCCCCC1. The van der Waals surface area contributed by atoms with Crippen molar-refractivity contribution in [1.82, 2.24) is 10.6 Å². The van der Waals surface area contributed by atoms with E-state index < -0.39 is 17.7 Å². The van der Waals surface area contributed by atoms with Gasteiger partial charge in [-0.1, -0.05) is 18.9 Å². The molecule has 2 atom stereocenters. The summed E-state index contributed by atoms with van der Waals surface area (Å²) in [4.78, 5) is 36.8. The number of carbonyl (C=O) groups is 3. The van der Waals surface area contributed by atoms with Crippen LogP contribution in [0.25, 0.3) is 0 Å². The van der Waals surface area contributed by atoms with Crippen LogP contribution in [0.15, 0.2) is 11.6 Å². The van der Waals surface area contributed by atoms with Crippen LogP contribution in [0.3, 0.4) is 0 Å². The Morgan fingerprint density at radius 2 is 1.83 bits per heavy atom. The molecule has 2 aliphatic rings. The lowest BCUT2D eigenvalue weighted by Gasteiger charge is -2.24. The van der Waals surface area contributed by atoms with E-state index in [1.54, 1.807) is 33.8 Å². The van der Waals surface area contributed by atoms with Crippen molar-refractivity contribution in [2.45, 2.75) is 96.8 Å². The first-order valence-corrected chi connectivity index (χ1v) is 10.8. The third-order valence-electron chi connectivity index (χ3n) is 5.25. The van der Waals surface area contributed by atoms with Crippen LogP contribution >= 0.6 is 0 Å². The van der Waals surface area contributed by atoms with Crippen molar-refractivity contribution >= 4 is 18.0 Å². The third-order valence-corrected chi connectivity index (χ3v) is 5.25. The normalized spacial score (nSPS) is 22.4. The van der Waals surface area contributed by atoms with Crippen LogP contribution in [0.1, 0.15) is 79.1 Å². The highest BCUT2D eigenvalue weighted by molar-refractivity contribution is 5.88. The Bertz CT molecular complexity index is 615. The fraction of sp³-hybridized carbons (Fsp3) is 0.773. The Morgan fingerprint density at radius 1 is 1.17 bits per heavy atom. The molecule has 1 saturated carbocycles. The molecule has 0 unspecified atom stereocenters. The number of carbonyl (C=O) groups excluding carboxylic acids is 3. The van der Waals surface area contributed by atoms with Gasteiger partial charge in [-0.05, 0) is 66.2 Å². The van der Waals surface area contributed by atoms with E-state index in [0.29, 0.717) is 25.0 Å². The predicted molar refractivity (Wildman–Crippen MR) is 110 cm³/mol. The molecule has 1 saturated heterocycles. The van der Waals surface area contributed by atoms with Gasteiger partial charge in [0.1, 0.15) is 11.7 Å². The van der Waals surface area contributed by atoms with Crippen LogP contribution in [0.4, 0.5) is 4.79 Å². The molecule has 1 aliphatic heterocycles. The minimum absolute atomic E-state index is 0.0203. The number of alkyl carbamates (subject to hydrolysis) is 1. The van der Waals surface area contributed by atoms with Gasteiger partial charge in [0.15, 0.2) is 0 Å². The quantitative estimate of drug-likeness (QED) is 0.398.